The van der Waals surface area contributed by atoms with Crippen LogP contribution in [0.2, 0.25) is 15.1 Å². The SMILES string of the molecule is C[C@@H](CC(N)=O)Cc1nc(-c2ccc(Oc3ccc(Cl)cc3)cc2)no1.N/C(=N\O)c1ccc(Oc2ccc(Cl)cc2)cc1.NC(=O)C[C@H](N)Cc1nc(-c2ccc(Oc3ccc(Cl)cc3)cc2)no1. The van der Waals surface area contributed by atoms with Gasteiger partial charge in [0.25, 0.3) is 0 Å². The molecule has 2 aromatic heterocycles. The zero-order valence-corrected chi connectivity index (χ0v) is 39.6. The molecule has 0 unspecified atom stereocenters. The molecule has 0 saturated heterocycles. The summed E-state index contributed by atoms with van der Waals surface area (Å²) in [4.78, 5) is 30.5. The van der Waals surface area contributed by atoms with Crippen molar-refractivity contribution in [3.05, 3.63) is 178 Å². The first-order valence-corrected chi connectivity index (χ1v) is 22.4. The molecule has 2 amide bonds. The number of aromatic nitrogens is 4. The highest BCUT2D eigenvalue weighted by Gasteiger charge is 2.16. The van der Waals surface area contributed by atoms with Gasteiger partial charge in [-0.15, -0.1) is 0 Å². The minimum atomic E-state index is -0.464. The molecule has 70 heavy (non-hydrogen) atoms. The number of nitrogens with zero attached hydrogens (tertiary/aromatic N) is 5. The molecule has 2 heterocycles. The molecule has 17 nitrogen and oxygen atoms in total. The van der Waals surface area contributed by atoms with Crippen LogP contribution >= 0.6 is 34.8 Å². The Morgan fingerprint density at radius 2 is 0.871 bits per heavy atom. The molecule has 0 radical (unpaired) electrons. The van der Waals surface area contributed by atoms with E-state index in [0.29, 0.717) is 85.0 Å². The fraction of sp³-hybridized carbons (Fsp3) is 0.140. The molecule has 0 aliphatic carbocycles. The summed E-state index contributed by atoms with van der Waals surface area (Å²) in [6.07, 6.45) is 1.14. The number of carbonyl (C=O) groups is 2. The smallest absolute Gasteiger partial charge is 0.228 e. The van der Waals surface area contributed by atoms with Crippen LogP contribution in [-0.4, -0.2) is 49.2 Å². The number of rotatable bonds is 17. The average molecular weight is 1010 g/mol. The second-order valence-electron chi connectivity index (χ2n) is 15.4. The highest BCUT2D eigenvalue weighted by Crippen LogP contribution is 2.28. The lowest BCUT2D eigenvalue weighted by Gasteiger charge is -2.06. The van der Waals surface area contributed by atoms with Crippen LogP contribution in [0.4, 0.5) is 0 Å². The fourth-order valence-electron chi connectivity index (χ4n) is 6.19. The lowest BCUT2D eigenvalue weighted by molar-refractivity contribution is -0.119. The Balaban J connectivity index is 0.000000176. The minimum Gasteiger partial charge on any atom is -0.457 e. The van der Waals surface area contributed by atoms with Crippen LogP contribution in [-0.2, 0) is 22.4 Å². The topological polar surface area (TPSA) is 276 Å². The third-order valence-corrected chi connectivity index (χ3v) is 10.3. The number of amidine groups is 1. The Labute approximate surface area is 416 Å². The monoisotopic (exact) mass is 1010 g/mol. The van der Waals surface area contributed by atoms with Crippen LogP contribution in [0, 0.1) is 5.92 Å². The van der Waals surface area contributed by atoms with Crippen molar-refractivity contribution >= 4 is 52.5 Å². The lowest BCUT2D eigenvalue weighted by atomic mass is 10.0. The van der Waals surface area contributed by atoms with E-state index < -0.39 is 11.9 Å². The molecule has 2 atom stereocenters. The van der Waals surface area contributed by atoms with Crippen LogP contribution < -0.4 is 37.1 Å². The van der Waals surface area contributed by atoms with Crippen molar-refractivity contribution in [1.82, 2.24) is 20.3 Å². The molecule has 6 aromatic carbocycles. The van der Waals surface area contributed by atoms with Gasteiger partial charge in [-0.05, 0) is 152 Å². The molecule has 8 rings (SSSR count). The summed E-state index contributed by atoms with van der Waals surface area (Å²) in [5.41, 5.74) is 23.8. The van der Waals surface area contributed by atoms with E-state index in [0.717, 1.165) is 11.1 Å². The molecule has 0 bridgehead atoms. The molecular formula is C50H46Cl3N9O8. The summed E-state index contributed by atoms with van der Waals surface area (Å²) in [7, 11) is 0. The Morgan fingerprint density at radius 1 is 0.543 bits per heavy atom. The number of benzene rings is 6. The maximum atomic E-state index is 10.9. The van der Waals surface area contributed by atoms with Crippen molar-refractivity contribution in [2.24, 2.45) is 34.0 Å². The van der Waals surface area contributed by atoms with Gasteiger partial charge in [-0.1, -0.05) is 57.2 Å². The predicted molar refractivity (Wildman–Crippen MR) is 265 cm³/mol. The molecule has 360 valence electrons. The number of halogens is 3. The van der Waals surface area contributed by atoms with Crippen molar-refractivity contribution in [2.75, 3.05) is 0 Å². The fourth-order valence-corrected chi connectivity index (χ4v) is 6.57. The molecule has 0 spiro atoms. The van der Waals surface area contributed by atoms with Crippen molar-refractivity contribution in [1.29, 1.82) is 0 Å². The number of carbonyl (C=O) groups excluding carboxylic acids is 2. The Bertz CT molecular complexity index is 2790. The summed E-state index contributed by atoms with van der Waals surface area (Å²) in [6.45, 7) is 1.91. The van der Waals surface area contributed by atoms with Gasteiger partial charge in [0.1, 0.15) is 34.5 Å². The van der Waals surface area contributed by atoms with Gasteiger partial charge in [-0.25, -0.2) is 0 Å². The van der Waals surface area contributed by atoms with Gasteiger partial charge in [-0.2, -0.15) is 9.97 Å². The standard InChI is InChI=1S/C19H18ClN3O3.C18H17ClN4O3.C13H11ClN2O2/c1-12(10-17(21)24)11-18-22-19(23-26-18)13-2-6-15(7-3-13)25-16-8-4-14(20)5-9-16;19-12-3-7-15(8-4-12)25-14-5-1-11(2-6-14)18-22-17(26-23-18)10-13(20)9-16(21)24;14-10-3-7-12(8-4-10)18-11-5-1-9(2-6-11)13(15)16-17/h2-9,12H,10-11H2,1H3,(H2,21,24);1-8,13H,9-10,20H2,(H2,21,24);1-8,17H,(H2,15,16)/t12-;13-;/m00./s1. The van der Waals surface area contributed by atoms with E-state index in [-0.39, 0.29) is 36.9 Å². The van der Waals surface area contributed by atoms with Crippen LogP contribution in [0.25, 0.3) is 22.8 Å². The molecule has 20 heteroatoms. The van der Waals surface area contributed by atoms with Crippen molar-refractivity contribution < 1.29 is 38.1 Å². The van der Waals surface area contributed by atoms with Crippen LogP contribution in [0.3, 0.4) is 0 Å². The molecule has 8 aromatic rings. The number of primary amides is 2. The lowest BCUT2D eigenvalue weighted by Crippen LogP contribution is -2.29. The maximum absolute atomic E-state index is 10.9. The maximum Gasteiger partial charge on any atom is 0.228 e. The van der Waals surface area contributed by atoms with Crippen molar-refractivity contribution in [2.45, 2.75) is 38.6 Å². The summed E-state index contributed by atoms with van der Waals surface area (Å²) in [6, 6.07) is 42.4. The number of amides is 2. The van der Waals surface area contributed by atoms with E-state index in [1.165, 1.54) is 0 Å². The number of hydrogen-bond acceptors (Lipinski definition) is 14. The minimum absolute atomic E-state index is 0.0518. The quantitative estimate of drug-likeness (QED) is 0.0246. The Kier molecular flexibility index (Phi) is 18.7. The number of ether oxygens (including phenoxy) is 3. The van der Waals surface area contributed by atoms with Gasteiger partial charge in [0.05, 0.1) is 0 Å². The van der Waals surface area contributed by atoms with Gasteiger partial charge in [0.2, 0.25) is 35.2 Å². The molecular weight excluding hydrogens is 961 g/mol. The largest absolute Gasteiger partial charge is 0.457 e. The summed E-state index contributed by atoms with van der Waals surface area (Å²) < 4.78 is 27.5. The third kappa shape index (κ3) is 16.7. The van der Waals surface area contributed by atoms with Gasteiger partial charge in [0.15, 0.2) is 5.84 Å². The van der Waals surface area contributed by atoms with Crippen LogP contribution in [0.15, 0.2) is 160 Å². The molecule has 0 aliphatic rings. The summed E-state index contributed by atoms with van der Waals surface area (Å²) in [5, 5.41) is 21.3. The number of nitrogens with two attached hydrogens (primary N) is 4. The first kappa shape index (κ1) is 51.4. The third-order valence-electron chi connectivity index (χ3n) is 9.54. The van der Waals surface area contributed by atoms with E-state index in [4.69, 9.17) is 86.2 Å². The normalized spacial score (nSPS) is 11.8. The van der Waals surface area contributed by atoms with E-state index in [9.17, 15) is 9.59 Å². The molecule has 0 aliphatic heterocycles. The van der Waals surface area contributed by atoms with Crippen molar-refractivity contribution in [3.8, 4) is 57.3 Å². The first-order chi connectivity index (χ1) is 33.7. The number of hydrogen-bond donors (Lipinski definition) is 5. The average Bonchev–Trinajstić information content (AvgIpc) is 4.01. The van der Waals surface area contributed by atoms with Crippen LogP contribution in [0.1, 0.15) is 37.1 Å². The van der Waals surface area contributed by atoms with Gasteiger partial charge < -0.3 is 51.4 Å². The zero-order chi connectivity index (χ0) is 50.0. The van der Waals surface area contributed by atoms with Gasteiger partial charge in [-0.3, -0.25) is 9.59 Å². The molecule has 9 N–H and O–H groups in total. The van der Waals surface area contributed by atoms with Gasteiger partial charge >= 0.3 is 0 Å². The summed E-state index contributed by atoms with van der Waals surface area (Å²) in [5.74, 6) is 5.17. The highest BCUT2D eigenvalue weighted by atomic mass is 35.5. The second kappa shape index (κ2) is 25.4. The van der Waals surface area contributed by atoms with Crippen molar-refractivity contribution in [3.63, 3.8) is 0 Å². The van der Waals surface area contributed by atoms with E-state index in [1.807, 2.05) is 43.3 Å². The Morgan fingerprint density at radius 3 is 1.21 bits per heavy atom. The van der Waals surface area contributed by atoms with Gasteiger partial charge in [0, 0.05) is 63.5 Å². The van der Waals surface area contributed by atoms with E-state index in [1.54, 1.807) is 109 Å². The van der Waals surface area contributed by atoms with Crippen LogP contribution in [0.5, 0.6) is 34.5 Å². The summed E-state index contributed by atoms with van der Waals surface area (Å²) >= 11 is 17.5. The number of oxime groups is 1. The second-order valence-corrected chi connectivity index (χ2v) is 16.7. The molecule has 0 fully saturated rings. The zero-order valence-electron chi connectivity index (χ0n) is 37.3. The highest BCUT2D eigenvalue weighted by molar-refractivity contribution is 6.31. The Hall–Kier alpha value is -7.96. The van der Waals surface area contributed by atoms with E-state index >= 15 is 0 Å². The van der Waals surface area contributed by atoms with E-state index in [2.05, 4.69) is 25.4 Å². The first-order valence-electron chi connectivity index (χ1n) is 21.2. The predicted octanol–water partition coefficient (Wildman–Crippen LogP) is 10.4. The molecule has 0 saturated carbocycles.